The number of ketones is 1. The standard InChI is InChI=1S/C18H15Cl2NO4/c1-10(22)12-3-6-14(7-4-12)21-17(23)11(2)25-18(24)15-8-5-13(19)9-16(15)20/h3-9,11H,1-2H3,(H,21,23)/t11-/m0/s1. The number of hydrogen-bond acceptors (Lipinski definition) is 4. The van der Waals surface area contributed by atoms with E-state index in [2.05, 4.69) is 5.32 Å². The second-order valence-corrected chi connectivity index (χ2v) is 6.14. The van der Waals surface area contributed by atoms with Crippen molar-refractivity contribution in [3.05, 3.63) is 63.6 Å². The van der Waals surface area contributed by atoms with Crippen LogP contribution in [0, 0.1) is 0 Å². The first-order valence-electron chi connectivity index (χ1n) is 7.36. The lowest BCUT2D eigenvalue weighted by atomic mass is 10.1. The van der Waals surface area contributed by atoms with Gasteiger partial charge in [0.2, 0.25) is 0 Å². The molecule has 1 amide bonds. The minimum absolute atomic E-state index is 0.0694. The van der Waals surface area contributed by atoms with Gasteiger partial charge in [0.05, 0.1) is 10.6 Å². The van der Waals surface area contributed by atoms with Gasteiger partial charge < -0.3 is 10.1 Å². The number of halogens is 2. The van der Waals surface area contributed by atoms with E-state index in [1.54, 1.807) is 24.3 Å². The van der Waals surface area contributed by atoms with Crippen molar-refractivity contribution in [2.75, 3.05) is 5.32 Å². The average molecular weight is 380 g/mol. The van der Waals surface area contributed by atoms with E-state index in [1.165, 1.54) is 32.0 Å². The predicted octanol–water partition coefficient (Wildman–Crippen LogP) is 4.38. The second-order valence-electron chi connectivity index (χ2n) is 5.29. The molecule has 2 aromatic carbocycles. The van der Waals surface area contributed by atoms with E-state index in [4.69, 9.17) is 27.9 Å². The molecule has 1 N–H and O–H groups in total. The molecule has 2 aromatic rings. The van der Waals surface area contributed by atoms with Gasteiger partial charge in [-0.05, 0) is 56.3 Å². The largest absolute Gasteiger partial charge is 0.449 e. The summed E-state index contributed by atoms with van der Waals surface area (Å²) >= 11 is 11.7. The Morgan fingerprint density at radius 3 is 2.24 bits per heavy atom. The summed E-state index contributed by atoms with van der Waals surface area (Å²) in [5.41, 5.74) is 1.15. The van der Waals surface area contributed by atoms with Crippen molar-refractivity contribution in [2.24, 2.45) is 0 Å². The molecule has 0 bridgehead atoms. The van der Waals surface area contributed by atoms with Crippen molar-refractivity contribution in [1.29, 1.82) is 0 Å². The Morgan fingerprint density at radius 1 is 1.04 bits per heavy atom. The Kier molecular flexibility index (Phi) is 6.17. The van der Waals surface area contributed by atoms with E-state index >= 15 is 0 Å². The van der Waals surface area contributed by atoms with E-state index in [0.717, 1.165) is 0 Å². The number of Topliss-reactive ketones (excluding diaryl/α,β-unsaturated/α-hetero) is 1. The van der Waals surface area contributed by atoms with Crippen LogP contribution in [0.5, 0.6) is 0 Å². The van der Waals surface area contributed by atoms with E-state index in [0.29, 0.717) is 16.3 Å². The molecule has 0 aromatic heterocycles. The zero-order chi connectivity index (χ0) is 18.6. The average Bonchev–Trinajstić information content (AvgIpc) is 2.55. The van der Waals surface area contributed by atoms with Crippen LogP contribution in [0.25, 0.3) is 0 Å². The first-order chi connectivity index (χ1) is 11.8. The van der Waals surface area contributed by atoms with Crippen LogP contribution in [0.15, 0.2) is 42.5 Å². The summed E-state index contributed by atoms with van der Waals surface area (Å²) < 4.78 is 5.12. The van der Waals surface area contributed by atoms with Crippen LogP contribution in [-0.2, 0) is 9.53 Å². The van der Waals surface area contributed by atoms with Crippen molar-refractivity contribution >= 4 is 46.5 Å². The lowest BCUT2D eigenvalue weighted by molar-refractivity contribution is -0.123. The quantitative estimate of drug-likeness (QED) is 0.617. The third-order valence-corrected chi connectivity index (χ3v) is 3.91. The van der Waals surface area contributed by atoms with Gasteiger partial charge in [-0.2, -0.15) is 0 Å². The van der Waals surface area contributed by atoms with Crippen LogP contribution in [0.2, 0.25) is 10.0 Å². The highest BCUT2D eigenvalue weighted by Crippen LogP contribution is 2.22. The van der Waals surface area contributed by atoms with Gasteiger partial charge in [-0.3, -0.25) is 9.59 Å². The number of carbonyl (C=O) groups excluding carboxylic acids is 3. The molecule has 0 saturated heterocycles. The van der Waals surface area contributed by atoms with Crippen LogP contribution >= 0.6 is 23.2 Å². The summed E-state index contributed by atoms with van der Waals surface area (Å²) in [5, 5.41) is 3.14. The summed E-state index contributed by atoms with van der Waals surface area (Å²) in [5.74, 6) is -1.30. The highest BCUT2D eigenvalue weighted by atomic mass is 35.5. The number of amides is 1. The number of ether oxygens (including phenoxy) is 1. The third-order valence-electron chi connectivity index (χ3n) is 3.36. The van der Waals surface area contributed by atoms with E-state index in [9.17, 15) is 14.4 Å². The van der Waals surface area contributed by atoms with Crippen LogP contribution in [0.3, 0.4) is 0 Å². The molecule has 0 aliphatic heterocycles. The number of rotatable bonds is 5. The topological polar surface area (TPSA) is 72.5 Å². The molecule has 7 heteroatoms. The zero-order valence-electron chi connectivity index (χ0n) is 13.5. The van der Waals surface area contributed by atoms with Crippen molar-refractivity contribution < 1.29 is 19.1 Å². The number of nitrogens with one attached hydrogen (secondary N) is 1. The van der Waals surface area contributed by atoms with Crippen molar-refractivity contribution in [3.63, 3.8) is 0 Å². The number of anilines is 1. The van der Waals surface area contributed by atoms with Gasteiger partial charge in [-0.1, -0.05) is 23.2 Å². The number of benzene rings is 2. The predicted molar refractivity (Wildman–Crippen MR) is 96.4 cm³/mol. The van der Waals surface area contributed by atoms with Crippen LogP contribution in [-0.4, -0.2) is 23.8 Å². The van der Waals surface area contributed by atoms with Gasteiger partial charge >= 0.3 is 5.97 Å². The Balaban J connectivity index is 1.99. The van der Waals surface area contributed by atoms with Gasteiger partial charge in [0.1, 0.15) is 0 Å². The molecule has 0 fully saturated rings. The monoisotopic (exact) mass is 379 g/mol. The van der Waals surface area contributed by atoms with Crippen molar-refractivity contribution in [3.8, 4) is 0 Å². The van der Waals surface area contributed by atoms with Crippen molar-refractivity contribution in [2.45, 2.75) is 20.0 Å². The Bertz CT molecular complexity index is 818. The summed E-state index contributed by atoms with van der Waals surface area (Å²) in [6.07, 6.45) is -1.04. The summed E-state index contributed by atoms with van der Waals surface area (Å²) in [7, 11) is 0. The zero-order valence-corrected chi connectivity index (χ0v) is 15.0. The lowest BCUT2D eigenvalue weighted by Gasteiger charge is -2.14. The fourth-order valence-electron chi connectivity index (χ4n) is 1.96. The molecule has 5 nitrogen and oxygen atoms in total. The van der Waals surface area contributed by atoms with E-state index in [1.807, 2.05) is 0 Å². The minimum Gasteiger partial charge on any atom is -0.449 e. The van der Waals surface area contributed by atoms with E-state index < -0.39 is 18.0 Å². The molecule has 25 heavy (non-hydrogen) atoms. The van der Waals surface area contributed by atoms with E-state index in [-0.39, 0.29) is 16.4 Å². The maximum atomic E-state index is 12.1. The number of esters is 1. The number of hydrogen-bond donors (Lipinski definition) is 1. The second kappa shape index (κ2) is 8.14. The molecule has 0 aliphatic rings. The highest BCUT2D eigenvalue weighted by molar-refractivity contribution is 6.36. The lowest BCUT2D eigenvalue weighted by Crippen LogP contribution is -2.30. The maximum absolute atomic E-state index is 12.1. The first kappa shape index (κ1) is 19.0. The van der Waals surface area contributed by atoms with Crippen LogP contribution in [0.4, 0.5) is 5.69 Å². The van der Waals surface area contributed by atoms with Crippen LogP contribution < -0.4 is 5.32 Å². The molecule has 2 rings (SSSR count). The van der Waals surface area contributed by atoms with Gasteiger partial charge in [0.25, 0.3) is 5.91 Å². The molecule has 0 unspecified atom stereocenters. The fraction of sp³-hybridized carbons (Fsp3) is 0.167. The van der Waals surface area contributed by atoms with Gasteiger partial charge in [-0.15, -0.1) is 0 Å². The summed E-state index contributed by atoms with van der Waals surface area (Å²) in [6.45, 7) is 2.90. The Morgan fingerprint density at radius 2 is 1.68 bits per heavy atom. The summed E-state index contributed by atoms with van der Waals surface area (Å²) in [4.78, 5) is 35.5. The van der Waals surface area contributed by atoms with Crippen molar-refractivity contribution in [1.82, 2.24) is 0 Å². The Labute approximate surface area is 154 Å². The highest BCUT2D eigenvalue weighted by Gasteiger charge is 2.20. The minimum atomic E-state index is -1.04. The molecule has 0 heterocycles. The molecule has 0 radical (unpaired) electrons. The van der Waals surface area contributed by atoms with Crippen LogP contribution in [0.1, 0.15) is 34.6 Å². The van der Waals surface area contributed by atoms with Gasteiger partial charge in [0, 0.05) is 16.3 Å². The molecule has 1 atom stereocenters. The third kappa shape index (κ3) is 5.05. The summed E-state index contributed by atoms with van der Waals surface area (Å²) in [6, 6.07) is 10.7. The molecule has 0 spiro atoms. The fourth-order valence-corrected chi connectivity index (χ4v) is 2.45. The Hall–Kier alpha value is -2.37. The first-order valence-corrected chi connectivity index (χ1v) is 8.11. The smallest absolute Gasteiger partial charge is 0.340 e. The maximum Gasteiger partial charge on any atom is 0.340 e. The SMILES string of the molecule is CC(=O)c1ccc(NC(=O)[C@H](C)OC(=O)c2ccc(Cl)cc2Cl)cc1. The molecule has 0 aliphatic carbocycles. The molecular weight excluding hydrogens is 365 g/mol. The number of carbonyl (C=O) groups is 3. The van der Waals surface area contributed by atoms with Gasteiger partial charge in [-0.25, -0.2) is 4.79 Å². The molecular formula is C18H15Cl2NO4. The normalized spacial score (nSPS) is 11.5. The van der Waals surface area contributed by atoms with Gasteiger partial charge in [0.15, 0.2) is 11.9 Å². The molecule has 130 valence electrons. The molecule has 0 saturated carbocycles.